The third-order valence-electron chi connectivity index (χ3n) is 1.71. The molecule has 1 aromatic heterocycles. The van der Waals surface area contributed by atoms with Crippen LogP contribution in [0.1, 0.15) is 5.69 Å². The molecule has 0 saturated carbocycles. The fourth-order valence-electron chi connectivity index (χ4n) is 1.16. The first-order chi connectivity index (χ1) is 8.04. The molecule has 0 spiro atoms. The van der Waals surface area contributed by atoms with Crippen molar-refractivity contribution in [2.24, 2.45) is 0 Å². The maximum absolute atomic E-state index is 12.1. The first-order valence-electron chi connectivity index (χ1n) is 4.30. The Morgan fingerprint density at radius 3 is 2.33 bits per heavy atom. The molecule has 0 bridgehead atoms. The molecule has 0 N–H and O–H groups in total. The maximum Gasteiger partial charge on any atom is 0.574 e. The predicted octanol–water partition coefficient (Wildman–Crippen LogP) is 2.22. The lowest BCUT2D eigenvalue weighted by molar-refractivity contribution is -0.277. The van der Waals surface area contributed by atoms with E-state index < -0.39 is 26.2 Å². The molecule has 0 aliphatic rings. The van der Waals surface area contributed by atoms with Crippen LogP contribution in [0.3, 0.4) is 0 Å². The molecule has 0 amide bonds. The van der Waals surface area contributed by atoms with Crippen molar-refractivity contribution in [2.75, 3.05) is 7.11 Å². The van der Waals surface area contributed by atoms with Gasteiger partial charge in [0.25, 0.3) is 9.05 Å². The molecule has 0 atom stereocenters. The van der Waals surface area contributed by atoms with Crippen LogP contribution in [0.2, 0.25) is 0 Å². The highest BCUT2D eigenvalue weighted by Gasteiger charge is 2.36. The number of hydrogen-bond acceptors (Lipinski definition) is 5. The smallest absolute Gasteiger partial charge is 0.495 e. The Morgan fingerprint density at radius 2 is 1.94 bits per heavy atom. The molecule has 1 heterocycles. The maximum atomic E-state index is 12.1. The van der Waals surface area contributed by atoms with Gasteiger partial charge in [-0.2, -0.15) is 0 Å². The van der Waals surface area contributed by atoms with Crippen LogP contribution >= 0.6 is 10.7 Å². The zero-order valence-electron chi connectivity index (χ0n) is 9.08. The highest BCUT2D eigenvalue weighted by molar-refractivity contribution is 8.13. The number of hydrogen-bond donors (Lipinski definition) is 0. The van der Waals surface area contributed by atoms with Crippen LogP contribution in [-0.2, 0) is 9.05 Å². The van der Waals surface area contributed by atoms with Gasteiger partial charge < -0.3 is 9.47 Å². The summed E-state index contributed by atoms with van der Waals surface area (Å²) in [5, 5.41) is 0. The summed E-state index contributed by atoms with van der Waals surface area (Å²) < 4.78 is 67.0. The lowest BCUT2D eigenvalue weighted by Crippen LogP contribution is -2.20. The Morgan fingerprint density at radius 1 is 1.39 bits per heavy atom. The van der Waals surface area contributed by atoms with Crippen LogP contribution in [0.5, 0.6) is 11.6 Å². The molecule has 0 aliphatic carbocycles. The first kappa shape index (κ1) is 14.8. The van der Waals surface area contributed by atoms with Gasteiger partial charge in [-0.25, -0.2) is 13.4 Å². The molecule has 0 saturated heterocycles. The Bertz CT molecular complexity index is 558. The summed E-state index contributed by atoms with van der Waals surface area (Å²) in [7, 11) is 1.61. The monoisotopic (exact) mass is 305 g/mol. The molecule has 0 radical (unpaired) electrons. The number of halogens is 4. The van der Waals surface area contributed by atoms with E-state index in [2.05, 4.69) is 14.5 Å². The lowest BCUT2D eigenvalue weighted by atomic mass is 10.3. The fraction of sp³-hybridized carbons (Fsp3) is 0.375. The third kappa shape index (κ3) is 3.64. The number of rotatable bonds is 3. The van der Waals surface area contributed by atoms with Crippen LogP contribution in [0, 0.1) is 6.92 Å². The van der Waals surface area contributed by atoms with E-state index in [-0.39, 0.29) is 11.4 Å². The zero-order valence-corrected chi connectivity index (χ0v) is 10.7. The van der Waals surface area contributed by atoms with Crippen molar-refractivity contribution >= 4 is 19.7 Å². The van der Waals surface area contributed by atoms with Gasteiger partial charge in [0.05, 0.1) is 7.11 Å². The number of methoxy groups -OCH3 is 1. The largest absolute Gasteiger partial charge is 0.574 e. The van der Waals surface area contributed by atoms with Crippen molar-refractivity contribution in [3.63, 3.8) is 0 Å². The van der Waals surface area contributed by atoms with Gasteiger partial charge in [0.2, 0.25) is 5.88 Å². The average molecular weight is 306 g/mol. The molecule has 18 heavy (non-hydrogen) atoms. The Hall–Kier alpha value is -1.22. The molecule has 0 aromatic carbocycles. The molecule has 1 rings (SSSR count). The summed E-state index contributed by atoms with van der Waals surface area (Å²) in [6.07, 6.45) is -5.10. The second-order valence-corrected chi connectivity index (χ2v) is 5.59. The van der Waals surface area contributed by atoms with Crippen LogP contribution in [-0.4, -0.2) is 26.9 Å². The van der Waals surface area contributed by atoms with E-state index in [0.717, 1.165) is 13.2 Å². The molecular formula is C8H7ClF3NO4S. The summed E-state index contributed by atoms with van der Waals surface area (Å²) in [6.45, 7) is 1.34. The SMILES string of the molecule is COc1cc(C)nc(OC(F)(F)F)c1S(=O)(=O)Cl. The Labute approximate surface area is 105 Å². The minimum absolute atomic E-state index is 0.0789. The van der Waals surface area contributed by atoms with Gasteiger partial charge in [0.1, 0.15) is 5.75 Å². The number of alkyl halides is 3. The summed E-state index contributed by atoms with van der Waals surface area (Å²) in [6, 6.07) is 1.12. The number of pyridine rings is 1. The quantitative estimate of drug-likeness (QED) is 0.801. The van der Waals surface area contributed by atoms with Crippen molar-refractivity contribution in [3.8, 4) is 11.6 Å². The van der Waals surface area contributed by atoms with Crippen LogP contribution < -0.4 is 9.47 Å². The van der Waals surface area contributed by atoms with Crippen molar-refractivity contribution < 1.29 is 31.1 Å². The van der Waals surface area contributed by atoms with Crippen molar-refractivity contribution in [1.82, 2.24) is 4.98 Å². The van der Waals surface area contributed by atoms with Gasteiger partial charge in [-0.15, -0.1) is 13.2 Å². The minimum Gasteiger partial charge on any atom is -0.495 e. The summed E-state index contributed by atoms with van der Waals surface area (Å²) in [5.74, 6) is -1.55. The van der Waals surface area contributed by atoms with Crippen molar-refractivity contribution in [1.29, 1.82) is 0 Å². The van der Waals surface area contributed by atoms with E-state index in [1.807, 2.05) is 0 Å². The fourth-order valence-corrected chi connectivity index (χ4v) is 2.26. The molecule has 0 aliphatic heterocycles. The number of ether oxygens (including phenoxy) is 2. The summed E-state index contributed by atoms with van der Waals surface area (Å²) in [4.78, 5) is 2.38. The van der Waals surface area contributed by atoms with Crippen molar-refractivity contribution in [2.45, 2.75) is 18.2 Å². The second-order valence-electron chi connectivity index (χ2n) is 3.09. The average Bonchev–Trinajstić information content (AvgIpc) is 2.11. The van der Waals surface area contributed by atoms with Crippen LogP contribution in [0.4, 0.5) is 13.2 Å². The van der Waals surface area contributed by atoms with Gasteiger partial charge in [0.15, 0.2) is 4.90 Å². The first-order valence-corrected chi connectivity index (χ1v) is 6.61. The highest BCUT2D eigenvalue weighted by Crippen LogP contribution is 2.37. The van der Waals surface area contributed by atoms with Crippen LogP contribution in [0.15, 0.2) is 11.0 Å². The third-order valence-corrected chi connectivity index (χ3v) is 3.04. The topological polar surface area (TPSA) is 65.5 Å². The lowest BCUT2D eigenvalue weighted by Gasteiger charge is -2.13. The Kier molecular flexibility index (Phi) is 3.96. The number of nitrogens with zero attached hydrogens (tertiary/aromatic N) is 1. The molecule has 1 aromatic rings. The minimum atomic E-state index is -5.10. The van der Waals surface area contributed by atoms with E-state index in [9.17, 15) is 21.6 Å². The normalized spacial score (nSPS) is 12.3. The van der Waals surface area contributed by atoms with Gasteiger partial charge in [-0.05, 0) is 6.92 Å². The van der Waals surface area contributed by atoms with Gasteiger partial charge in [0, 0.05) is 22.4 Å². The highest BCUT2D eigenvalue weighted by atomic mass is 35.7. The van der Waals surface area contributed by atoms with Gasteiger partial charge >= 0.3 is 6.36 Å². The zero-order chi connectivity index (χ0) is 14.1. The molecule has 102 valence electrons. The van der Waals surface area contributed by atoms with E-state index in [1.165, 1.54) is 6.92 Å². The second kappa shape index (κ2) is 4.81. The number of aromatic nitrogens is 1. The molecular weight excluding hydrogens is 299 g/mol. The predicted molar refractivity (Wildman–Crippen MR) is 55.2 cm³/mol. The van der Waals surface area contributed by atoms with E-state index in [0.29, 0.717) is 0 Å². The molecule has 0 fully saturated rings. The standard InChI is InChI=1S/C8H7ClF3NO4S/c1-4-3-5(16-2)6(18(9,14)15)7(13-4)17-8(10,11)12/h3H,1-2H3. The summed E-state index contributed by atoms with van der Waals surface area (Å²) in [5.41, 5.74) is 0.0789. The van der Waals surface area contributed by atoms with Crippen LogP contribution in [0.25, 0.3) is 0 Å². The van der Waals surface area contributed by atoms with E-state index in [4.69, 9.17) is 10.7 Å². The van der Waals surface area contributed by atoms with E-state index >= 15 is 0 Å². The van der Waals surface area contributed by atoms with Gasteiger partial charge in [-0.3, -0.25) is 0 Å². The molecule has 5 nitrogen and oxygen atoms in total. The Balaban J connectivity index is 3.53. The van der Waals surface area contributed by atoms with Gasteiger partial charge in [-0.1, -0.05) is 0 Å². The summed E-state index contributed by atoms with van der Waals surface area (Å²) >= 11 is 0. The number of aryl methyl sites for hydroxylation is 1. The van der Waals surface area contributed by atoms with E-state index in [1.54, 1.807) is 0 Å². The van der Waals surface area contributed by atoms with Crippen molar-refractivity contribution in [3.05, 3.63) is 11.8 Å². The molecule has 10 heteroatoms. The molecule has 0 unspecified atom stereocenters.